The average Bonchev–Trinajstić information content (AvgIpc) is 2.29. The number of benzene rings is 1. The third kappa shape index (κ3) is 4.89. The van der Waals surface area contributed by atoms with E-state index in [-0.39, 0.29) is 6.54 Å². The number of hydrogen-bond acceptors (Lipinski definition) is 3. The molecule has 0 aliphatic carbocycles. The second-order valence-corrected chi connectivity index (χ2v) is 5.15. The molecule has 7 heteroatoms. The van der Waals surface area contributed by atoms with Gasteiger partial charge in [-0.3, -0.25) is 9.00 Å². The number of nitrogens with one attached hydrogen (secondary N) is 2. The molecule has 0 aromatic heterocycles. The maximum atomic E-state index is 13.2. The molecule has 4 nitrogen and oxygen atoms in total. The van der Waals surface area contributed by atoms with Crippen LogP contribution in [0.3, 0.4) is 0 Å². The summed E-state index contributed by atoms with van der Waals surface area (Å²) in [6.07, 6.45) is 1.55. The number of carbonyl (C=O) groups is 1. The zero-order chi connectivity index (χ0) is 13.5. The first-order valence-corrected chi connectivity index (χ1v) is 6.98. The fourth-order valence-electron chi connectivity index (χ4n) is 1.22. The van der Waals surface area contributed by atoms with Gasteiger partial charge >= 0.3 is 0 Å². The van der Waals surface area contributed by atoms with Gasteiger partial charge in [-0.1, -0.05) is 6.07 Å². The van der Waals surface area contributed by atoms with Gasteiger partial charge in [0.1, 0.15) is 17.3 Å². The summed E-state index contributed by atoms with van der Waals surface area (Å²) in [5.41, 5.74) is -0.455. The van der Waals surface area contributed by atoms with Crippen molar-refractivity contribution in [3.8, 4) is 0 Å². The number of halogens is 2. The Kier molecular flexibility index (Phi) is 5.87. The smallest absolute Gasteiger partial charge is 0.238 e. The van der Waals surface area contributed by atoms with Crippen LogP contribution >= 0.6 is 0 Å². The SMILES string of the molecule is CS(=O)CCNCC(=O)Nc1c(F)cccc1F. The van der Waals surface area contributed by atoms with Crippen LogP contribution in [0.1, 0.15) is 0 Å². The van der Waals surface area contributed by atoms with Crippen molar-refractivity contribution in [2.24, 2.45) is 0 Å². The minimum atomic E-state index is -0.940. The summed E-state index contributed by atoms with van der Waals surface area (Å²) in [6.45, 7) is 0.307. The van der Waals surface area contributed by atoms with Crippen LogP contribution in [0.25, 0.3) is 0 Å². The maximum absolute atomic E-state index is 13.2. The Morgan fingerprint density at radius 3 is 2.50 bits per heavy atom. The minimum absolute atomic E-state index is 0.0923. The summed E-state index contributed by atoms with van der Waals surface area (Å²) in [5.74, 6) is -1.78. The summed E-state index contributed by atoms with van der Waals surface area (Å²) >= 11 is 0. The van der Waals surface area contributed by atoms with Crippen LogP contribution < -0.4 is 10.6 Å². The average molecular weight is 276 g/mol. The molecule has 0 heterocycles. The van der Waals surface area contributed by atoms with Crippen LogP contribution in [0.4, 0.5) is 14.5 Å². The van der Waals surface area contributed by atoms with Crippen molar-refractivity contribution >= 4 is 22.4 Å². The summed E-state index contributed by atoms with van der Waals surface area (Å²) in [7, 11) is -0.940. The zero-order valence-corrected chi connectivity index (χ0v) is 10.7. The predicted molar refractivity (Wildman–Crippen MR) is 66.8 cm³/mol. The number of para-hydroxylation sites is 1. The maximum Gasteiger partial charge on any atom is 0.238 e. The van der Waals surface area contributed by atoms with E-state index in [4.69, 9.17) is 0 Å². The Hall–Kier alpha value is -1.34. The molecule has 0 fully saturated rings. The number of anilines is 1. The molecule has 1 unspecified atom stereocenters. The molecular formula is C11H14F2N2O2S. The quantitative estimate of drug-likeness (QED) is 0.758. The Morgan fingerprint density at radius 1 is 1.33 bits per heavy atom. The highest BCUT2D eigenvalue weighted by Crippen LogP contribution is 2.17. The first-order chi connectivity index (χ1) is 8.50. The predicted octanol–water partition coefficient (Wildman–Crippen LogP) is 0.871. The van der Waals surface area contributed by atoms with Crippen LogP contribution in [0.5, 0.6) is 0 Å². The second kappa shape index (κ2) is 7.17. The molecule has 0 bridgehead atoms. The summed E-state index contributed by atoms with van der Waals surface area (Å²) in [5, 5.41) is 4.86. The van der Waals surface area contributed by atoms with Crippen molar-refractivity contribution in [2.75, 3.05) is 30.4 Å². The lowest BCUT2D eigenvalue weighted by molar-refractivity contribution is -0.115. The Bertz CT molecular complexity index is 434. The number of amides is 1. The minimum Gasteiger partial charge on any atom is -0.320 e. The highest BCUT2D eigenvalue weighted by atomic mass is 32.2. The normalized spacial score (nSPS) is 12.2. The van der Waals surface area contributed by atoms with Gasteiger partial charge < -0.3 is 10.6 Å². The van der Waals surface area contributed by atoms with E-state index >= 15 is 0 Å². The van der Waals surface area contributed by atoms with E-state index in [9.17, 15) is 17.8 Å². The summed E-state index contributed by atoms with van der Waals surface area (Å²) < 4.78 is 37.1. The lowest BCUT2D eigenvalue weighted by Crippen LogP contribution is -2.31. The zero-order valence-electron chi connectivity index (χ0n) is 9.83. The highest BCUT2D eigenvalue weighted by molar-refractivity contribution is 7.84. The van der Waals surface area contributed by atoms with E-state index in [1.54, 1.807) is 6.26 Å². The lowest BCUT2D eigenvalue weighted by Gasteiger charge is -2.08. The fraction of sp³-hybridized carbons (Fsp3) is 0.364. The molecule has 0 saturated heterocycles. The second-order valence-electron chi connectivity index (χ2n) is 3.60. The summed E-state index contributed by atoms with van der Waals surface area (Å²) in [6, 6.07) is 3.34. The van der Waals surface area contributed by atoms with E-state index in [1.165, 1.54) is 6.07 Å². The van der Waals surface area contributed by atoms with Gasteiger partial charge in [0.2, 0.25) is 5.91 Å². The first kappa shape index (κ1) is 14.7. The summed E-state index contributed by atoms with van der Waals surface area (Å²) in [4.78, 5) is 11.4. The molecule has 0 aliphatic heterocycles. The van der Waals surface area contributed by atoms with Crippen molar-refractivity contribution in [1.29, 1.82) is 0 Å². The molecule has 18 heavy (non-hydrogen) atoms. The fourth-order valence-corrected chi connectivity index (χ4v) is 1.65. The molecule has 0 radical (unpaired) electrons. The molecule has 100 valence electrons. The van der Waals surface area contributed by atoms with Gasteiger partial charge in [0, 0.05) is 29.4 Å². The van der Waals surface area contributed by atoms with E-state index in [2.05, 4.69) is 10.6 Å². The monoisotopic (exact) mass is 276 g/mol. The standard InChI is InChI=1S/C11H14F2N2O2S/c1-18(17)6-5-14-7-10(16)15-11-8(12)3-2-4-9(11)13/h2-4,14H,5-7H2,1H3,(H,15,16). The van der Waals surface area contributed by atoms with E-state index < -0.39 is 34.0 Å². The lowest BCUT2D eigenvalue weighted by atomic mass is 10.3. The van der Waals surface area contributed by atoms with Crippen molar-refractivity contribution in [2.45, 2.75) is 0 Å². The van der Waals surface area contributed by atoms with Gasteiger partial charge in [-0.05, 0) is 12.1 Å². The molecule has 1 aromatic rings. The third-order valence-corrected chi connectivity index (χ3v) is 2.86. The molecule has 2 N–H and O–H groups in total. The van der Waals surface area contributed by atoms with Crippen LogP contribution in [0, 0.1) is 11.6 Å². The van der Waals surface area contributed by atoms with Gasteiger partial charge in [0.15, 0.2) is 0 Å². The van der Waals surface area contributed by atoms with Gasteiger partial charge in [-0.15, -0.1) is 0 Å². The molecule has 0 saturated carbocycles. The van der Waals surface area contributed by atoms with Crippen LogP contribution in [0.2, 0.25) is 0 Å². The topological polar surface area (TPSA) is 58.2 Å². The van der Waals surface area contributed by atoms with Crippen LogP contribution in [-0.4, -0.2) is 35.2 Å². The van der Waals surface area contributed by atoms with E-state index in [1.807, 2.05) is 0 Å². The number of hydrogen-bond donors (Lipinski definition) is 2. The largest absolute Gasteiger partial charge is 0.320 e. The van der Waals surface area contributed by atoms with Gasteiger partial charge in [0.25, 0.3) is 0 Å². The number of carbonyl (C=O) groups excluding carboxylic acids is 1. The number of rotatable bonds is 6. The molecule has 1 atom stereocenters. The van der Waals surface area contributed by atoms with Crippen LogP contribution in [0.15, 0.2) is 18.2 Å². The van der Waals surface area contributed by atoms with Crippen LogP contribution in [-0.2, 0) is 15.6 Å². The molecule has 0 aliphatic rings. The molecular weight excluding hydrogens is 262 g/mol. The Morgan fingerprint density at radius 2 is 1.94 bits per heavy atom. The van der Waals surface area contributed by atoms with Gasteiger partial charge in [-0.25, -0.2) is 8.78 Å². The van der Waals surface area contributed by atoms with Crippen molar-refractivity contribution < 1.29 is 17.8 Å². The Labute approximate surface area is 106 Å². The van der Waals surface area contributed by atoms with Gasteiger partial charge in [0.05, 0.1) is 6.54 Å². The van der Waals surface area contributed by atoms with Gasteiger partial charge in [-0.2, -0.15) is 0 Å². The molecule has 1 aromatic carbocycles. The van der Waals surface area contributed by atoms with Crippen molar-refractivity contribution in [3.63, 3.8) is 0 Å². The molecule has 1 amide bonds. The van der Waals surface area contributed by atoms with E-state index in [0.717, 1.165) is 12.1 Å². The van der Waals surface area contributed by atoms with Crippen molar-refractivity contribution in [3.05, 3.63) is 29.8 Å². The highest BCUT2D eigenvalue weighted by Gasteiger charge is 2.11. The first-order valence-electron chi connectivity index (χ1n) is 5.25. The third-order valence-electron chi connectivity index (χ3n) is 2.08. The van der Waals surface area contributed by atoms with E-state index in [0.29, 0.717) is 12.3 Å². The molecule has 0 spiro atoms. The Balaban J connectivity index is 2.43. The van der Waals surface area contributed by atoms with Crippen molar-refractivity contribution in [1.82, 2.24) is 5.32 Å². The molecule has 1 rings (SSSR count).